The summed E-state index contributed by atoms with van der Waals surface area (Å²) in [6.45, 7) is 1.76. The van der Waals surface area contributed by atoms with Gasteiger partial charge in [-0.25, -0.2) is 4.39 Å². The Balaban J connectivity index is 2.31. The number of hydrogen-bond acceptors (Lipinski definition) is 4. The van der Waals surface area contributed by atoms with Gasteiger partial charge in [0.05, 0.1) is 0 Å². The molecule has 0 radical (unpaired) electrons. The Morgan fingerprint density at radius 2 is 2.05 bits per heavy atom. The highest BCUT2D eigenvalue weighted by Crippen LogP contribution is 2.33. The molecule has 0 saturated heterocycles. The third kappa shape index (κ3) is 4.35. The van der Waals surface area contributed by atoms with Crippen molar-refractivity contribution in [1.82, 2.24) is 0 Å². The summed E-state index contributed by atoms with van der Waals surface area (Å²) in [4.78, 5) is 4.25. The molecular formula is C16H16FN3O. The van der Waals surface area contributed by atoms with Crippen LogP contribution in [0.3, 0.4) is 0 Å². The van der Waals surface area contributed by atoms with E-state index in [1.807, 2.05) is 0 Å². The Hall–Kier alpha value is -2.82. The van der Waals surface area contributed by atoms with E-state index in [1.54, 1.807) is 49.5 Å². The first-order chi connectivity index (χ1) is 10.0. The van der Waals surface area contributed by atoms with Gasteiger partial charge in [-0.3, -0.25) is 4.99 Å². The van der Waals surface area contributed by atoms with Crippen molar-refractivity contribution >= 4 is 17.6 Å². The molecule has 4 N–H and O–H groups in total. The van der Waals surface area contributed by atoms with E-state index >= 15 is 0 Å². The van der Waals surface area contributed by atoms with Gasteiger partial charge in [0.1, 0.15) is 17.3 Å². The van der Waals surface area contributed by atoms with Crippen molar-refractivity contribution in [3.63, 3.8) is 0 Å². The van der Waals surface area contributed by atoms with Crippen LogP contribution >= 0.6 is 0 Å². The largest absolute Gasteiger partial charge is 0.455 e. The number of nitrogens with two attached hydrogens (primary N) is 2. The van der Waals surface area contributed by atoms with E-state index in [9.17, 15) is 4.39 Å². The van der Waals surface area contributed by atoms with Crippen LogP contribution in [0.5, 0.6) is 11.5 Å². The molecule has 2 aromatic carbocycles. The van der Waals surface area contributed by atoms with Crippen LogP contribution in [0.1, 0.15) is 6.92 Å². The van der Waals surface area contributed by atoms with Crippen LogP contribution in [0.2, 0.25) is 0 Å². The molecule has 4 nitrogen and oxygen atoms in total. The molecule has 0 saturated carbocycles. The van der Waals surface area contributed by atoms with E-state index in [-0.39, 0.29) is 5.82 Å². The van der Waals surface area contributed by atoms with Crippen molar-refractivity contribution < 1.29 is 9.13 Å². The quantitative estimate of drug-likeness (QED) is 0.663. The zero-order valence-electron chi connectivity index (χ0n) is 11.6. The van der Waals surface area contributed by atoms with Gasteiger partial charge in [-0.2, -0.15) is 0 Å². The SMILES string of the molecule is C/C(N)=C/C=Nc1ccc(N)cc1Oc1cccc(F)c1. The molecular weight excluding hydrogens is 269 g/mol. The minimum absolute atomic E-state index is 0.372. The van der Waals surface area contributed by atoms with Crippen LogP contribution in [-0.2, 0) is 0 Å². The van der Waals surface area contributed by atoms with Crippen molar-refractivity contribution in [2.75, 3.05) is 5.73 Å². The summed E-state index contributed by atoms with van der Waals surface area (Å²) in [7, 11) is 0. The molecule has 5 heteroatoms. The highest BCUT2D eigenvalue weighted by molar-refractivity contribution is 5.77. The fraction of sp³-hybridized carbons (Fsp3) is 0.0625. The summed E-state index contributed by atoms with van der Waals surface area (Å²) in [6.07, 6.45) is 3.24. The Morgan fingerprint density at radius 3 is 2.76 bits per heavy atom. The van der Waals surface area contributed by atoms with E-state index in [1.165, 1.54) is 12.1 Å². The van der Waals surface area contributed by atoms with Gasteiger partial charge >= 0.3 is 0 Å². The predicted molar refractivity (Wildman–Crippen MR) is 83.4 cm³/mol. The number of nitrogens with zero attached hydrogens (tertiary/aromatic N) is 1. The Bertz CT molecular complexity index is 692. The topological polar surface area (TPSA) is 73.6 Å². The Labute approximate surface area is 122 Å². The van der Waals surface area contributed by atoms with Crippen molar-refractivity contribution in [1.29, 1.82) is 0 Å². The number of rotatable bonds is 4. The van der Waals surface area contributed by atoms with E-state index in [4.69, 9.17) is 16.2 Å². The summed E-state index contributed by atoms with van der Waals surface area (Å²) in [5, 5.41) is 0. The van der Waals surface area contributed by atoms with Gasteiger partial charge in [-0.1, -0.05) is 6.07 Å². The first-order valence-corrected chi connectivity index (χ1v) is 6.34. The van der Waals surface area contributed by atoms with Gasteiger partial charge < -0.3 is 16.2 Å². The fourth-order valence-corrected chi connectivity index (χ4v) is 1.61. The summed E-state index contributed by atoms with van der Waals surface area (Å²) >= 11 is 0. The van der Waals surface area contributed by atoms with Gasteiger partial charge in [-0.05, 0) is 37.3 Å². The van der Waals surface area contributed by atoms with Crippen molar-refractivity contribution in [3.8, 4) is 11.5 Å². The highest BCUT2D eigenvalue weighted by atomic mass is 19.1. The van der Waals surface area contributed by atoms with Crippen LogP contribution < -0.4 is 16.2 Å². The predicted octanol–water partition coefficient (Wildman–Crippen LogP) is 3.77. The van der Waals surface area contributed by atoms with E-state index in [0.29, 0.717) is 28.6 Å². The van der Waals surface area contributed by atoms with Crippen LogP contribution in [0, 0.1) is 5.82 Å². The maximum Gasteiger partial charge on any atom is 0.155 e. The lowest BCUT2D eigenvalue weighted by atomic mass is 10.2. The van der Waals surface area contributed by atoms with Crippen molar-refractivity contribution in [3.05, 3.63) is 60.1 Å². The molecule has 0 unspecified atom stereocenters. The number of nitrogen functional groups attached to an aromatic ring is 1. The van der Waals surface area contributed by atoms with Crippen molar-refractivity contribution in [2.24, 2.45) is 10.7 Å². The molecule has 0 fully saturated rings. The van der Waals surface area contributed by atoms with E-state index in [2.05, 4.69) is 4.99 Å². The first kappa shape index (κ1) is 14.6. The second-order valence-corrected chi connectivity index (χ2v) is 4.48. The summed E-state index contributed by atoms with van der Waals surface area (Å²) in [5.74, 6) is 0.450. The zero-order chi connectivity index (χ0) is 15.2. The lowest BCUT2D eigenvalue weighted by Crippen LogP contribution is -1.91. The average Bonchev–Trinajstić information content (AvgIpc) is 2.41. The zero-order valence-corrected chi connectivity index (χ0v) is 11.6. The molecule has 0 heterocycles. The third-order valence-electron chi connectivity index (χ3n) is 2.56. The minimum Gasteiger partial charge on any atom is -0.455 e. The second kappa shape index (κ2) is 6.56. The summed E-state index contributed by atoms with van der Waals surface area (Å²) < 4.78 is 18.8. The van der Waals surface area contributed by atoms with Crippen LogP contribution in [-0.4, -0.2) is 6.21 Å². The number of benzene rings is 2. The maximum absolute atomic E-state index is 13.2. The van der Waals surface area contributed by atoms with Gasteiger partial charge in [0, 0.05) is 29.7 Å². The van der Waals surface area contributed by atoms with Crippen LogP contribution in [0.4, 0.5) is 15.8 Å². The molecule has 0 aliphatic rings. The molecule has 0 aliphatic heterocycles. The average molecular weight is 285 g/mol. The van der Waals surface area contributed by atoms with Gasteiger partial charge in [0.25, 0.3) is 0 Å². The van der Waals surface area contributed by atoms with Gasteiger partial charge in [0.2, 0.25) is 0 Å². The number of aliphatic imine (C=N–C) groups is 1. The fourth-order valence-electron chi connectivity index (χ4n) is 1.61. The second-order valence-electron chi connectivity index (χ2n) is 4.48. The monoisotopic (exact) mass is 285 g/mol. The van der Waals surface area contributed by atoms with E-state index in [0.717, 1.165) is 0 Å². The molecule has 0 atom stereocenters. The molecule has 0 aliphatic carbocycles. The van der Waals surface area contributed by atoms with Gasteiger partial charge in [-0.15, -0.1) is 0 Å². The van der Waals surface area contributed by atoms with Crippen LogP contribution in [0.15, 0.2) is 59.2 Å². The maximum atomic E-state index is 13.2. The lowest BCUT2D eigenvalue weighted by Gasteiger charge is -2.09. The molecule has 0 amide bonds. The summed E-state index contributed by atoms with van der Waals surface area (Å²) in [5.41, 5.74) is 13.0. The smallest absolute Gasteiger partial charge is 0.155 e. The lowest BCUT2D eigenvalue weighted by molar-refractivity contribution is 0.478. The molecule has 2 aromatic rings. The third-order valence-corrected chi connectivity index (χ3v) is 2.56. The van der Waals surface area contributed by atoms with Gasteiger partial charge in [0.15, 0.2) is 5.75 Å². The molecule has 2 rings (SSSR count). The van der Waals surface area contributed by atoms with E-state index < -0.39 is 0 Å². The molecule has 0 bridgehead atoms. The van der Waals surface area contributed by atoms with Crippen LogP contribution in [0.25, 0.3) is 0 Å². The Kier molecular flexibility index (Phi) is 4.56. The molecule has 0 aromatic heterocycles. The van der Waals surface area contributed by atoms with Crippen molar-refractivity contribution in [2.45, 2.75) is 6.92 Å². The number of allylic oxidation sites excluding steroid dienone is 2. The number of ether oxygens (including phenoxy) is 1. The Morgan fingerprint density at radius 1 is 1.24 bits per heavy atom. The summed E-state index contributed by atoms with van der Waals surface area (Å²) in [6, 6.07) is 10.9. The first-order valence-electron chi connectivity index (χ1n) is 6.34. The number of hydrogen-bond donors (Lipinski definition) is 2. The normalized spacial score (nSPS) is 11.8. The number of anilines is 1. The minimum atomic E-state index is -0.372. The molecule has 0 spiro atoms. The molecule has 108 valence electrons. The molecule has 21 heavy (non-hydrogen) atoms. The highest BCUT2D eigenvalue weighted by Gasteiger charge is 2.05. The number of halogens is 1. The standard InChI is InChI=1S/C16H16FN3O/c1-11(18)7-8-20-15-6-5-13(19)10-16(15)21-14-4-2-3-12(17)9-14/h2-10H,18-19H2,1H3/b11-7-,20-8?.